The summed E-state index contributed by atoms with van der Waals surface area (Å²) in [5.41, 5.74) is 0. The maximum Gasteiger partial charge on any atom is 0.241 e. The predicted octanol–water partition coefficient (Wildman–Crippen LogP) is -0.798. The van der Waals surface area contributed by atoms with E-state index in [1.54, 1.807) is 0 Å². The zero-order valence-electron chi connectivity index (χ0n) is 11.1. The van der Waals surface area contributed by atoms with Gasteiger partial charge in [0.2, 0.25) is 20.0 Å². The molecule has 0 aliphatic carbocycles. The van der Waals surface area contributed by atoms with Crippen molar-refractivity contribution >= 4 is 20.0 Å². The summed E-state index contributed by atoms with van der Waals surface area (Å²) in [6.45, 7) is 1.45. The second-order valence-corrected chi connectivity index (χ2v) is 8.62. The van der Waals surface area contributed by atoms with Crippen molar-refractivity contribution in [2.45, 2.75) is 24.3 Å². The molecule has 1 saturated heterocycles. The normalized spacial score (nSPS) is 22.0. The third kappa shape index (κ3) is 3.78. The lowest BCUT2D eigenvalue weighted by atomic mass is 10.00. The van der Waals surface area contributed by atoms with E-state index in [1.165, 1.54) is 27.6 Å². The number of hydrogen-bond acceptors (Lipinski definition) is 5. The van der Waals surface area contributed by atoms with Gasteiger partial charge in [0, 0.05) is 25.8 Å². The van der Waals surface area contributed by atoms with Crippen LogP contribution in [0.4, 0.5) is 0 Å². The minimum Gasteiger partial charge on any atom is -0.271 e. The highest BCUT2D eigenvalue weighted by atomic mass is 32.2. The number of piperidine rings is 1. The van der Waals surface area contributed by atoms with E-state index in [2.05, 4.69) is 5.10 Å². The van der Waals surface area contributed by atoms with Crippen molar-refractivity contribution < 1.29 is 16.8 Å². The molecule has 1 atom stereocenters. The molecule has 2 N–H and O–H groups in total. The van der Waals surface area contributed by atoms with Crippen LogP contribution < -0.4 is 5.14 Å². The SMILES string of the molecule is CS(=O)(=O)N1CCCC(Cn2cc(S(N)(=O)=O)cn2)C1. The van der Waals surface area contributed by atoms with Gasteiger partial charge < -0.3 is 0 Å². The molecule has 1 aliphatic heterocycles. The molecule has 20 heavy (non-hydrogen) atoms. The Kier molecular flexibility index (Phi) is 4.19. The van der Waals surface area contributed by atoms with Crippen LogP contribution in [-0.2, 0) is 26.6 Å². The molecule has 0 saturated carbocycles. The minimum atomic E-state index is -3.75. The maximum atomic E-state index is 11.5. The molecule has 8 nitrogen and oxygen atoms in total. The lowest BCUT2D eigenvalue weighted by Crippen LogP contribution is -2.40. The van der Waals surface area contributed by atoms with Gasteiger partial charge in [-0.1, -0.05) is 0 Å². The molecule has 1 aromatic rings. The van der Waals surface area contributed by atoms with Gasteiger partial charge in [-0.25, -0.2) is 26.3 Å². The van der Waals surface area contributed by atoms with Crippen molar-refractivity contribution in [2.24, 2.45) is 11.1 Å². The van der Waals surface area contributed by atoms with E-state index >= 15 is 0 Å². The second kappa shape index (κ2) is 5.43. The maximum absolute atomic E-state index is 11.5. The van der Waals surface area contributed by atoms with E-state index in [0.717, 1.165) is 12.8 Å². The highest BCUT2D eigenvalue weighted by Gasteiger charge is 2.26. The Bertz CT molecular complexity index is 680. The molecule has 10 heteroatoms. The Morgan fingerprint density at radius 2 is 2.10 bits per heavy atom. The summed E-state index contributed by atoms with van der Waals surface area (Å²) in [7, 11) is -6.93. The quantitative estimate of drug-likeness (QED) is 0.779. The van der Waals surface area contributed by atoms with Crippen LogP contribution in [0.1, 0.15) is 12.8 Å². The van der Waals surface area contributed by atoms with Crippen LogP contribution in [-0.4, -0.2) is 50.3 Å². The van der Waals surface area contributed by atoms with Crippen LogP contribution in [0.2, 0.25) is 0 Å². The Morgan fingerprint density at radius 3 is 2.65 bits per heavy atom. The van der Waals surface area contributed by atoms with Gasteiger partial charge >= 0.3 is 0 Å². The van der Waals surface area contributed by atoms with Gasteiger partial charge in [0.05, 0.1) is 12.5 Å². The summed E-state index contributed by atoms with van der Waals surface area (Å²) in [6.07, 6.45) is 5.45. The molecular weight excluding hydrogens is 304 g/mol. The van der Waals surface area contributed by atoms with Gasteiger partial charge in [0.15, 0.2) is 0 Å². The first-order chi connectivity index (χ1) is 9.16. The molecule has 1 fully saturated rings. The Labute approximate surface area is 118 Å². The number of aromatic nitrogens is 2. The smallest absolute Gasteiger partial charge is 0.241 e. The third-order valence-electron chi connectivity index (χ3n) is 3.33. The fourth-order valence-electron chi connectivity index (χ4n) is 2.33. The lowest BCUT2D eigenvalue weighted by molar-refractivity contribution is 0.240. The molecule has 0 amide bonds. The number of nitrogens with two attached hydrogens (primary N) is 1. The van der Waals surface area contributed by atoms with Gasteiger partial charge in [-0.05, 0) is 18.8 Å². The van der Waals surface area contributed by atoms with Gasteiger partial charge in [0.1, 0.15) is 4.90 Å². The number of rotatable bonds is 4. The molecular formula is C10H18N4O4S2. The van der Waals surface area contributed by atoms with Gasteiger partial charge in [-0.2, -0.15) is 5.10 Å². The standard InChI is InChI=1S/C10H18N4O4S2/c1-19(15,16)14-4-2-3-9(7-14)6-13-8-10(5-12-13)20(11,17)18/h5,8-9H,2-4,6-7H2,1H3,(H2,11,17,18). The number of nitrogens with zero attached hydrogens (tertiary/aromatic N) is 3. The Balaban J connectivity index is 2.05. The molecule has 0 radical (unpaired) electrons. The zero-order valence-corrected chi connectivity index (χ0v) is 12.8. The fraction of sp³-hybridized carbons (Fsp3) is 0.700. The van der Waals surface area contributed by atoms with Crippen LogP contribution in [0.15, 0.2) is 17.3 Å². The monoisotopic (exact) mass is 322 g/mol. The molecule has 2 heterocycles. The van der Waals surface area contributed by atoms with Crippen molar-refractivity contribution in [1.29, 1.82) is 0 Å². The number of primary sulfonamides is 1. The summed E-state index contributed by atoms with van der Waals surface area (Å²) >= 11 is 0. The van der Waals surface area contributed by atoms with Gasteiger partial charge in [-0.15, -0.1) is 0 Å². The summed E-state index contributed by atoms with van der Waals surface area (Å²) in [5.74, 6) is 0.117. The first kappa shape index (κ1) is 15.4. The molecule has 0 bridgehead atoms. The topological polar surface area (TPSA) is 115 Å². The molecule has 0 spiro atoms. The van der Waals surface area contributed by atoms with Crippen LogP contribution in [0.3, 0.4) is 0 Å². The van der Waals surface area contributed by atoms with E-state index in [9.17, 15) is 16.8 Å². The van der Waals surface area contributed by atoms with Gasteiger partial charge in [0.25, 0.3) is 0 Å². The molecule has 1 unspecified atom stereocenters. The molecule has 1 aromatic heterocycles. The highest BCUT2D eigenvalue weighted by molar-refractivity contribution is 7.89. The third-order valence-corrected chi connectivity index (χ3v) is 5.47. The molecule has 2 rings (SSSR count). The second-order valence-electron chi connectivity index (χ2n) is 5.07. The van der Waals surface area contributed by atoms with E-state index in [-0.39, 0.29) is 10.8 Å². The Morgan fingerprint density at radius 1 is 1.40 bits per heavy atom. The highest BCUT2D eigenvalue weighted by Crippen LogP contribution is 2.20. The number of hydrogen-bond donors (Lipinski definition) is 1. The molecule has 0 aromatic carbocycles. The van der Waals surface area contributed by atoms with Gasteiger partial charge in [-0.3, -0.25) is 4.68 Å². The summed E-state index contributed by atoms with van der Waals surface area (Å²) < 4.78 is 48.3. The van der Waals surface area contributed by atoms with Crippen LogP contribution in [0.25, 0.3) is 0 Å². The zero-order chi connectivity index (χ0) is 15.0. The molecule has 1 aliphatic rings. The van der Waals surface area contributed by atoms with E-state index in [1.807, 2.05) is 0 Å². The van der Waals surface area contributed by atoms with Crippen molar-refractivity contribution in [3.8, 4) is 0 Å². The largest absolute Gasteiger partial charge is 0.271 e. The van der Waals surface area contributed by atoms with Crippen molar-refractivity contribution in [3.05, 3.63) is 12.4 Å². The average molecular weight is 322 g/mol. The van der Waals surface area contributed by atoms with E-state index in [4.69, 9.17) is 5.14 Å². The summed E-state index contributed by atoms with van der Waals surface area (Å²) in [5, 5.41) is 8.97. The minimum absolute atomic E-state index is 0.0340. The lowest BCUT2D eigenvalue weighted by Gasteiger charge is -2.30. The number of sulfonamides is 2. The first-order valence-corrected chi connectivity index (χ1v) is 9.56. The van der Waals surface area contributed by atoms with Crippen LogP contribution >= 0.6 is 0 Å². The Hall–Kier alpha value is -0.970. The summed E-state index contributed by atoms with van der Waals surface area (Å²) in [4.78, 5) is -0.0340. The molecule has 114 valence electrons. The van der Waals surface area contributed by atoms with Crippen LogP contribution in [0, 0.1) is 5.92 Å². The average Bonchev–Trinajstić information content (AvgIpc) is 2.76. The van der Waals surface area contributed by atoms with Crippen molar-refractivity contribution in [3.63, 3.8) is 0 Å². The van der Waals surface area contributed by atoms with E-state index in [0.29, 0.717) is 19.6 Å². The first-order valence-electron chi connectivity index (χ1n) is 6.16. The summed E-state index contributed by atoms with van der Waals surface area (Å²) in [6, 6.07) is 0. The van der Waals surface area contributed by atoms with Crippen LogP contribution in [0.5, 0.6) is 0 Å². The van der Waals surface area contributed by atoms with Crippen molar-refractivity contribution in [1.82, 2.24) is 14.1 Å². The van der Waals surface area contributed by atoms with E-state index < -0.39 is 20.0 Å². The predicted molar refractivity (Wildman–Crippen MR) is 72.7 cm³/mol. The van der Waals surface area contributed by atoms with Crippen molar-refractivity contribution in [2.75, 3.05) is 19.3 Å². The fourth-order valence-corrected chi connectivity index (χ4v) is 3.74.